The summed E-state index contributed by atoms with van der Waals surface area (Å²) in [7, 11) is 0. The summed E-state index contributed by atoms with van der Waals surface area (Å²) in [5, 5.41) is 3.14. The molecule has 0 fully saturated rings. The van der Waals surface area contributed by atoms with Crippen LogP contribution in [0.15, 0.2) is 46.9 Å². The minimum absolute atomic E-state index is 0.0504. The number of nitrogens with one attached hydrogen (secondary N) is 1. The van der Waals surface area contributed by atoms with Crippen LogP contribution in [0.2, 0.25) is 0 Å². The lowest BCUT2D eigenvalue weighted by Gasteiger charge is -2.30. The zero-order chi connectivity index (χ0) is 13.4. The van der Waals surface area contributed by atoms with Crippen LogP contribution in [-0.2, 0) is 4.79 Å². The van der Waals surface area contributed by atoms with Crippen molar-refractivity contribution in [3.63, 3.8) is 0 Å². The normalized spacial score (nSPS) is 14.0. The molecule has 2 aromatic carbocycles. The van der Waals surface area contributed by atoms with Gasteiger partial charge in [-0.15, -0.1) is 0 Å². The second-order valence-corrected chi connectivity index (χ2v) is 5.50. The van der Waals surface area contributed by atoms with Crippen LogP contribution in [0.1, 0.15) is 5.56 Å². The molecule has 0 aromatic heterocycles. The molecule has 0 saturated heterocycles. The summed E-state index contributed by atoms with van der Waals surface area (Å²) in [5.74, 6) is 0.0504. The average Bonchev–Trinajstić information content (AvgIpc) is 2.40. The van der Waals surface area contributed by atoms with Gasteiger partial charge in [0.2, 0.25) is 0 Å². The second-order valence-electron chi connectivity index (χ2n) is 4.58. The molecular weight excluding hydrogens is 304 g/mol. The van der Waals surface area contributed by atoms with E-state index in [0.717, 1.165) is 21.5 Å². The zero-order valence-electron chi connectivity index (χ0n) is 10.5. The van der Waals surface area contributed by atoms with E-state index in [0.29, 0.717) is 6.54 Å². The molecule has 0 bridgehead atoms. The number of carbonyl (C=O) groups is 1. The molecule has 1 heterocycles. The molecule has 96 valence electrons. The molecule has 2 aromatic rings. The Labute approximate surface area is 120 Å². The summed E-state index contributed by atoms with van der Waals surface area (Å²) in [6.45, 7) is 2.36. The first kappa shape index (κ1) is 12.2. The number of hydrogen-bond acceptors (Lipinski definition) is 2. The van der Waals surface area contributed by atoms with Gasteiger partial charge in [-0.3, -0.25) is 9.69 Å². The van der Waals surface area contributed by atoms with Gasteiger partial charge >= 0.3 is 0 Å². The Morgan fingerprint density at radius 2 is 1.89 bits per heavy atom. The highest BCUT2D eigenvalue weighted by atomic mass is 79.9. The Morgan fingerprint density at radius 3 is 2.63 bits per heavy atom. The molecule has 3 rings (SSSR count). The van der Waals surface area contributed by atoms with Crippen LogP contribution in [0.5, 0.6) is 0 Å². The molecule has 0 unspecified atom stereocenters. The van der Waals surface area contributed by atoms with Crippen molar-refractivity contribution < 1.29 is 4.79 Å². The molecule has 1 N–H and O–H groups in total. The standard InChI is InChI=1S/C15H13BrN2O/c1-10-2-5-12(6-3-10)18-14-8-11(16)4-7-13(14)17-9-15(18)19/h2-8,17H,9H2,1H3. The van der Waals surface area contributed by atoms with Crippen LogP contribution >= 0.6 is 15.9 Å². The first-order valence-corrected chi connectivity index (χ1v) is 6.87. The van der Waals surface area contributed by atoms with Crippen molar-refractivity contribution in [3.05, 3.63) is 52.5 Å². The monoisotopic (exact) mass is 316 g/mol. The zero-order valence-corrected chi connectivity index (χ0v) is 12.1. The summed E-state index contributed by atoms with van der Waals surface area (Å²) in [6, 6.07) is 13.9. The van der Waals surface area contributed by atoms with Gasteiger partial charge < -0.3 is 5.32 Å². The number of aryl methyl sites for hydroxylation is 1. The number of halogens is 1. The number of rotatable bonds is 1. The average molecular weight is 317 g/mol. The fourth-order valence-electron chi connectivity index (χ4n) is 2.20. The number of nitrogens with zero attached hydrogens (tertiary/aromatic N) is 1. The predicted octanol–water partition coefficient (Wildman–Crippen LogP) is 3.85. The van der Waals surface area contributed by atoms with E-state index in [9.17, 15) is 4.79 Å². The van der Waals surface area contributed by atoms with Crippen molar-refractivity contribution in [3.8, 4) is 0 Å². The number of fused-ring (bicyclic) bond motifs is 1. The summed E-state index contributed by atoms with van der Waals surface area (Å²) in [4.78, 5) is 14.0. The minimum Gasteiger partial charge on any atom is -0.374 e. The highest BCUT2D eigenvalue weighted by Gasteiger charge is 2.25. The van der Waals surface area contributed by atoms with Gasteiger partial charge in [0.25, 0.3) is 5.91 Å². The quantitative estimate of drug-likeness (QED) is 0.866. The minimum atomic E-state index is 0.0504. The van der Waals surface area contributed by atoms with Crippen molar-refractivity contribution in [1.82, 2.24) is 0 Å². The molecule has 3 nitrogen and oxygen atoms in total. The maximum Gasteiger partial charge on any atom is 0.250 e. The van der Waals surface area contributed by atoms with Crippen molar-refractivity contribution in [1.29, 1.82) is 0 Å². The molecule has 1 aliphatic rings. The molecule has 1 amide bonds. The smallest absolute Gasteiger partial charge is 0.250 e. The second kappa shape index (κ2) is 4.70. The van der Waals surface area contributed by atoms with E-state index in [-0.39, 0.29) is 5.91 Å². The molecule has 0 aliphatic carbocycles. The Bertz CT molecular complexity index is 637. The molecule has 0 radical (unpaired) electrons. The van der Waals surface area contributed by atoms with Crippen LogP contribution in [0.4, 0.5) is 17.1 Å². The van der Waals surface area contributed by atoms with Crippen LogP contribution in [0.25, 0.3) is 0 Å². The van der Waals surface area contributed by atoms with Crippen molar-refractivity contribution in [2.75, 3.05) is 16.8 Å². The third kappa shape index (κ3) is 2.24. The SMILES string of the molecule is Cc1ccc(N2C(=O)CNc3ccc(Br)cc32)cc1. The largest absolute Gasteiger partial charge is 0.374 e. The molecular formula is C15H13BrN2O. The number of amides is 1. The third-order valence-corrected chi connectivity index (χ3v) is 3.67. The number of carbonyl (C=O) groups excluding carboxylic acids is 1. The molecule has 19 heavy (non-hydrogen) atoms. The topological polar surface area (TPSA) is 32.3 Å². The van der Waals surface area contributed by atoms with E-state index in [2.05, 4.69) is 21.2 Å². The van der Waals surface area contributed by atoms with Crippen molar-refractivity contribution in [2.45, 2.75) is 6.92 Å². The van der Waals surface area contributed by atoms with Gasteiger partial charge in [-0.25, -0.2) is 0 Å². The Balaban J connectivity index is 2.12. The Kier molecular flexibility index (Phi) is 3.03. The first-order chi connectivity index (χ1) is 9.15. The van der Waals surface area contributed by atoms with Gasteiger partial charge in [-0.05, 0) is 37.3 Å². The lowest BCUT2D eigenvalue weighted by atomic mass is 10.1. The lowest BCUT2D eigenvalue weighted by molar-refractivity contribution is -0.116. The van der Waals surface area contributed by atoms with Gasteiger partial charge in [-0.1, -0.05) is 33.6 Å². The molecule has 1 aliphatic heterocycles. The summed E-state index contributed by atoms with van der Waals surface area (Å²) in [6.07, 6.45) is 0. The number of benzene rings is 2. The molecule has 4 heteroatoms. The third-order valence-electron chi connectivity index (χ3n) is 3.17. The van der Waals surface area contributed by atoms with Gasteiger partial charge in [0.05, 0.1) is 17.9 Å². The van der Waals surface area contributed by atoms with Gasteiger partial charge in [0.15, 0.2) is 0 Å². The fourth-order valence-corrected chi connectivity index (χ4v) is 2.55. The van der Waals surface area contributed by atoms with E-state index < -0.39 is 0 Å². The van der Waals surface area contributed by atoms with Crippen molar-refractivity contribution in [2.24, 2.45) is 0 Å². The maximum atomic E-state index is 12.2. The van der Waals surface area contributed by atoms with Crippen molar-refractivity contribution >= 4 is 38.9 Å². The van der Waals surface area contributed by atoms with Gasteiger partial charge in [0.1, 0.15) is 0 Å². The van der Waals surface area contributed by atoms with E-state index in [4.69, 9.17) is 0 Å². The highest BCUT2D eigenvalue weighted by Crippen LogP contribution is 2.37. The fraction of sp³-hybridized carbons (Fsp3) is 0.133. The van der Waals surface area contributed by atoms with E-state index in [1.165, 1.54) is 5.56 Å². The Hall–Kier alpha value is -1.81. The summed E-state index contributed by atoms with van der Waals surface area (Å²) < 4.78 is 0.958. The number of hydrogen-bond donors (Lipinski definition) is 1. The lowest BCUT2D eigenvalue weighted by Crippen LogP contribution is -2.36. The molecule has 0 saturated carbocycles. The van der Waals surface area contributed by atoms with Gasteiger partial charge in [-0.2, -0.15) is 0 Å². The van der Waals surface area contributed by atoms with E-state index >= 15 is 0 Å². The highest BCUT2D eigenvalue weighted by molar-refractivity contribution is 9.10. The molecule has 0 atom stereocenters. The van der Waals surface area contributed by atoms with Gasteiger partial charge in [0, 0.05) is 10.2 Å². The van der Waals surface area contributed by atoms with E-state index in [1.54, 1.807) is 4.90 Å². The Morgan fingerprint density at radius 1 is 1.16 bits per heavy atom. The maximum absolute atomic E-state index is 12.2. The van der Waals surface area contributed by atoms with Crippen LogP contribution < -0.4 is 10.2 Å². The van der Waals surface area contributed by atoms with Crippen LogP contribution in [0.3, 0.4) is 0 Å². The summed E-state index contributed by atoms with van der Waals surface area (Å²) in [5.41, 5.74) is 3.94. The van der Waals surface area contributed by atoms with Crippen LogP contribution in [-0.4, -0.2) is 12.5 Å². The predicted molar refractivity (Wildman–Crippen MR) is 81.0 cm³/mol. The summed E-state index contributed by atoms with van der Waals surface area (Å²) >= 11 is 3.46. The first-order valence-electron chi connectivity index (χ1n) is 6.08. The van der Waals surface area contributed by atoms with E-state index in [1.807, 2.05) is 49.4 Å². The number of anilines is 3. The molecule has 0 spiro atoms. The van der Waals surface area contributed by atoms with Crippen LogP contribution in [0, 0.1) is 6.92 Å².